The molecule has 0 spiro atoms. The van der Waals surface area contributed by atoms with Gasteiger partial charge in [0.1, 0.15) is 5.56 Å². The molecule has 1 atom stereocenters. The van der Waals surface area contributed by atoms with Crippen molar-refractivity contribution in [1.82, 2.24) is 24.3 Å². The molecule has 0 aliphatic heterocycles. The lowest BCUT2D eigenvalue weighted by molar-refractivity contribution is 0.102. The fourth-order valence-electron chi connectivity index (χ4n) is 6.52. The first kappa shape index (κ1) is 45.4. The average Bonchev–Trinajstić information content (AvgIpc) is 3.70. The molecule has 12 nitrogen and oxygen atoms in total. The Balaban J connectivity index is 0.000000395. The summed E-state index contributed by atoms with van der Waals surface area (Å²) in [4.78, 5) is 55.6. The van der Waals surface area contributed by atoms with E-state index in [1.54, 1.807) is 27.3 Å². The van der Waals surface area contributed by atoms with Gasteiger partial charge in [0.15, 0.2) is 0 Å². The van der Waals surface area contributed by atoms with Crippen molar-refractivity contribution >= 4 is 29.2 Å². The lowest BCUT2D eigenvalue weighted by atomic mass is 9.96. The van der Waals surface area contributed by atoms with Crippen LogP contribution in [0, 0.1) is 12.8 Å². The molecule has 2 aromatic carbocycles. The summed E-state index contributed by atoms with van der Waals surface area (Å²) in [7, 11) is 7.79. The molecule has 4 aromatic rings. The number of rotatable bonds is 13. The summed E-state index contributed by atoms with van der Waals surface area (Å²) in [5.74, 6) is 0.784. The molecule has 2 N–H and O–H groups in total. The third-order valence-electron chi connectivity index (χ3n) is 9.97. The number of ether oxygens (including phenoxy) is 2. The predicted octanol–water partition coefficient (Wildman–Crippen LogP) is 7.65. The van der Waals surface area contributed by atoms with E-state index < -0.39 is 17.2 Å². The van der Waals surface area contributed by atoms with Crippen LogP contribution in [0.25, 0.3) is 22.4 Å². The first-order valence-corrected chi connectivity index (χ1v) is 19.7. The summed E-state index contributed by atoms with van der Waals surface area (Å²) in [5, 5.41) is 6.02. The molecular weight excluding hydrogens is 732 g/mol. The molecule has 5 rings (SSSR count). The number of aryl methyl sites for hydroxylation is 2. The minimum absolute atomic E-state index is 0.0128. The van der Waals surface area contributed by atoms with Crippen LogP contribution in [0.1, 0.15) is 80.4 Å². The lowest BCUT2D eigenvalue weighted by Gasteiger charge is -2.22. The van der Waals surface area contributed by atoms with Crippen molar-refractivity contribution < 1.29 is 19.1 Å². The standard InChI is InChI=1S/C29H27ClN4O4.C12H26N2O2.C2H6/c1-16-18(9-7-13-23(16)31-26(35)22-15-33(2)29(37)34(3)28(22)36)20-11-6-12-21(25(20)30)24-14-17-8-5-10-19(17)27(32-24)38-4;1-5-11(2)7-6-8-14(9-10-16-4)12(15)13-3;1-2/h6-7,9,11-15H,5,8,10H2,1-4H3,(H,31,35);11H,5-10H2,1-4H3,(H,13,15);1-2H3. The minimum atomic E-state index is -0.660. The highest BCUT2D eigenvalue weighted by molar-refractivity contribution is 6.36. The van der Waals surface area contributed by atoms with Gasteiger partial charge in [-0.2, -0.15) is 0 Å². The van der Waals surface area contributed by atoms with Gasteiger partial charge in [-0.1, -0.05) is 76.0 Å². The van der Waals surface area contributed by atoms with Crippen molar-refractivity contribution in [1.29, 1.82) is 0 Å². The van der Waals surface area contributed by atoms with Gasteiger partial charge in [-0.3, -0.25) is 14.2 Å². The fraction of sp³-hybridized carbons (Fsp3) is 0.465. The zero-order chi connectivity index (χ0) is 41.5. The number of aromatic nitrogens is 3. The Labute approximate surface area is 336 Å². The van der Waals surface area contributed by atoms with Crippen LogP contribution in [0.5, 0.6) is 5.88 Å². The molecule has 1 unspecified atom stereocenters. The lowest BCUT2D eigenvalue weighted by Crippen LogP contribution is -2.40. The number of amides is 3. The number of hydrogen-bond donors (Lipinski definition) is 2. The highest BCUT2D eigenvalue weighted by Crippen LogP contribution is 2.41. The third-order valence-corrected chi connectivity index (χ3v) is 10.4. The number of methoxy groups -OCH3 is 2. The van der Waals surface area contributed by atoms with E-state index in [9.17, 15) is 19.2 Å². The highest BCUT2D eigenvalue weighted by Gasteiger charge is 2.22. The van der Waals surface area contributed by atoms with Gasteiger partial charge in [0.2, 0.25) is 5.88 Å². The van der Waals surface area contributed by atoms with Crippen LogP contribution in [0.15, 0.2) is 58.3 Å². The smallest absolute Gasteiger partial charge is 0.330 e. The van der Waals surface area contributed by atoms with E-state index in [0.29, 0.717) is 29.7 Å². The number of anilines is 1. The summed E-state index contributed by atoms with van der Waals surface area (Å²) in [6.45, 7) is 12.4. The second kappa shape index (κ2) is 22.0. The van der Waals surface area contributed by atoms with Gasteiger partial charge in [0.05, 0.1) is 24.4 Å². The molecule has 0 saturated carbocycles. The zero-order valence-corrected chi connectivity index (χ0v) is 35.4. The van der Waals surface area contributed by atoms with Crippen LogP contribution < -0.4 is 26.6 Å². The van der Waals surface area contributed by atoms with Crippen LogP contribution >= 0.6 is 11.6 Å². The van der Waals surface area contributed by atoms with Crippen LogP contribution in [0.2, 0.25) is 5.02 Å². The molecule has 2 aromatic heterocycles. The van der Waals surface area contributed by atoms with Gasteiger partial charge in [0.25, 0.3) is 11.5 Å². The zero-order valence-electron chi connectivity index (χ0n) is 34.7. The molecule has 1 aliphatic rings. The molecule has 0 fully saturated rings. The van der Waals surface area contributed by atoms with Crippen molar-refractivity contribution in [3.63, 3.8) is 0 Å². The van der Waals surface area contributed by atoms with Gasteiger partial charge in [-0.05, 0) is 73.8 Å². The Morgan fingerprint density at radius 1 is 1.02 bits per heavy atom. The maximum atomic E-state index is 13.0. The molecule has 304 valence electrons. The molecule has 2 heterocycles. The second-order valence-corrected chi connectivity index (χ2v) is 14.0. The highest BCUT2D eigenvalue weighted by atomic mass is 35.5. The number of fused-ring (bicyclic) bond motifs is 1. The van der Waals surface area contributed by atoms with E-state index in [1.807, 2.05) is 56.0 Å². The Kier molecular flexibility index (Phi) is 17.8. The van der Waals surface area contributed by atoms with Crippen LogP contribution in [-0.2, 0) is 31.7 Å². The number of benzene rings is 2. The minimum Gasteiger partial charge on any atom is -0.481 e. The number of hydrogen-bond acceptors (Lipinski definition) is 7. The Hall–Kier alpha value is -4.94. The molecule has 0 saturated heterocycles. The number of halogens is 1. The molecule has 1 aliphatic carbocycles. The topological polar surface area (TPSA) is 137 Å². The first-order chi connectivity index (χ1) is 26.9. The Morgan fingerprint density at radius 2 is 1.70 bits per heavy atom. The van der Waals surface area contributed by atoms with Crippen molar-refractivity contribution in [2.75, 3.05) is 46.3 Å². The first-order valence-electron chi connectivity index (χ1n) is 19.4. The second-order valence-electron chi connectivity index (χ2n) is 13.6. The van der Waals surface area contributed by atoms with E-state index in [-0.39, 0.29) is 11.6 Å². The van der Waals surface area contributed by atoms with Crippen LogP contribution in [0.4, 0.5) is 10.5 Å². The normalized spacial score (nSPS) is 12.0. The van der Waals surface area contributed by atoms with Gasteiger partial charge >= 0.3 is 11.7 Å². The number of pyridine rings is 1. The van der Waals surface area contributed by atoms with Gasteiger partial charge in [-0.25, -0.2) is 14.6 Å². The Morgan fingerprint density at radius 3 is 2.36 bits per heavy atom. The number of nitrogens with zero attached hydrogens (tertiary/aromatic N) is 4. The quantitative estimate of drug-likeness (QED) is 0.142. The van der Waals surface area contributed by atoms with Gasteiger partial charge in [-0.15, -0.1) is 0 Å². The predicted molar refractivity (Wildman–Crippen MR) is 226 cm³/mol. The van der Waals surface area contributed by atoms with E-state index >= 15 is 0 Å². The van der Waals surface area contributed by atoms with E-state index in [1.165, 1.54) is 43.3 Å². The van der Waals surface area contributed by atoms with E-state index in [0.717, 1.165) is 76.2 Å². The number of carbonyl (C=O) groups is 2. The van der Waals surface area contributed by atoms with Crippen molar-refractivity contribution in [2.24, 2.45) is 20.0 Å². The third kappa shape index (κ3) is 11.1. The van der Waals surface area contributed by atoms with Crippen LogP contribution in [0.3, 0.4) is 0 Å². The monoisotopic (exact) mass is 790 g/mol. The summed E-state index contributed by atoms with van der Waals surface area (Å²) in [5.41, 5.74) is 5.58. The fourth-order valence-corrected chi connectivity index (χ4v) is 6.84. The summed E-state index contributed by atoms with van der Waals surface area (Å²) in [6.07, 6.45) is 7.72. The molecule has 13 heteroatoms. The molecule has 3 amide bonds. The largest absolute Gasteiger partial charge is 0.481 e. The van der Waals surface area contributed by atoms with Gasteiger partial charge in [0, 0.05) is 69.9 Å². The Bertz CT molecular complexity index is 2080. The molecular formula is C43H59ClN6O6. The molecule has 56 heavy (non-hydrogen) atoms. The van der Waals surface area contributed by atoms with Crippen molar-refractivity contribution in [3.05, 3.63) is 96.8 Å². The molecule has 0 radical (unpaired) electrons. The average molecular weight is 791 g/mol. The number of nitrogens with one attached hydrogen (secondary N) is 2. The molecule has 0 bridgehead atoms. The maximum Gasteiger partial charge on any atom is 0.330 e. The number of urea groups is 1. The van der Waals surface area contributed by atoms with Crippen LogP contribution in [-0.4, -0.2) is 71.9 Å². The van der Waals surface area contributed by atoms with Crippen molar-refractivity contribution in [2.45, 2.75) is 73.1 Å². The summed E-state index contributed by atoms with van der Waals surface area (Å²) < 4.78 is 12.7. The van der Waals surface area contributed by atoms with E-state index in [2.05, 4.69) is 30.5 Å². The number of carbonyl (C=O) groups excluding carboxylic acids is 2. The SMILES string of the molecule is CC.CCC(C)CCCN(CCOC)C(=O)NC.COc1nc(-c2cccc(-c3cccc(NC(=O)c4cn(C)c(=O)n(C)c4=O)c3C)c2Cl)cc2c1CCC2. The summed E-state index contributed by atoms with van der Waals surface area (Å²) >= 11 is 6.98. The van der Waals surface area contributed by atoms with Gasteiger partial charge < -0.3 is 29.6 Å². The van der Waals surface area contributed by atoms with Crippen molar-refractivity contribution in [3.8, 4) is 28.3 Å². The summed E-state index contributed by atoms with van der Waals surface area (Å²) in [6, 6.07) is 13.4. The maximum absolute atomic E-state index is 13.0. The van der Waals surface area contributed by atoms with E-state index in [4.69, 9.17) is 26.1 Å².